The first-order valence-electron chi connectivity index (χ1n) is 19.6. The van der Waals surface area contributed by atoms with Crippen LogP contribution >= 0.6 is 0 Å². The number of amides is 6. The molecule has 16 nitrogen and oxygen atoms in total. The number of nitrogens with one attached hydrogen (secondary N) is 2. The minimum absolute atomic E-state index is 0.0250. The molecule has 294 valence electrons. The van der Waals surface area contributed by atoms with E-state index in [-0.39, 0.29) is 47.9 Å². The van der Waals surface area contributed by atoms with Crippen LogP contribution in [0.25, 0.3) is 5.65 Å². The van der Waals surface area contributed by atoms with Gasteiger partial charge in [0.25, 0.3) is 23.6 Å². The second-order valence-electron chi connectivity index (χ2n) is 15.8. The van der Waals surface area contributed by atoms with Crippen LogP contribution in [-0.2, 0) is 16.1 Å². The number of fused-ring (bicyclic) bond motifs is 3. The largest absolute Gasteiger partial charge is 0.489 e. The van der Waals surface area contributed by atoms with Gasteiger partial charge in [-0.2, -0.15) is 5.10 Å². The van der Waals surface area contributed by atoms with Crippen LogP contribution < -0.4 is 20.3 Å². The molecule has 57 heavy (non-hydrogen) atoms. The number of carbonyl (C=O) groups is 6. The van der Waals surface area contributed by atoms with E-state index in [0.29, 0.717) is 40.7 Å². The van der Waals surface area contributed by atoms with E-state index in [1.165, 1.54) is 6.20 Å². The maximum absolute atomic E-state index is 13.8. The summed E-state index contributed by atoms with van der Waals surface area (Å²) in [6.45, 7) is 8.54. The third-order valence-electron chi connectivity index (χ3n) is 11.8. The summed E-state index contributed by atoms with van der Waals surface area (Å²) in [4.78, 5) is 89.9. The molecule has 3 saturated heterocycles. The van der Waals surface area contributed by atoms with E-state index >= 15 is 0 Å². The average molecular weight is 774 g/mol. The van der Waals surface area contributed by atoms with Crippen LogP contribution in [0.15, 0.2) is 55.0 Å². The molecule has 2 atom stereocenters. The Bertz CT molecular complexity index is 2350. The molecule has 0 bridgehead atoms. The standard InChI is InChI=1S/C41H43N9O7/c1-23(2)57-34-18-29-25(16-32(34)44-37(52)31-19-43-49-12-3-11-42-36(31)49)22-48(39(29)54)26-9-13-46(14-10-26)20-24-8-15-47(21-24)27-4-5-28-30(17-27)41(56)50(40(28)55)33-6-7-35(51)45-38(33)53/h3-5,11-12,16-19,23-24,26,33H,6-10,13-15,20-22H2,1-2H3,(H,44,52)(H,45,51,53)/t24-,33?/m0/s1. The number of likely N-dealkylation sites (tertiary alicyclic amines) is 1. The molecule has 2 N–H and O–H groups in total. The maximum atomic E-state index is 13.8. The minimum atomic E-state index is -0.990. The summed E-state index contributed by atoms with van der Waals surface area (Å²) in [5.74, 6) is -1.57. The fourth-order valence-corrected chi connectivity index (χ4v) is 8.94. The van der Waals surface area contributed by atoms with Gasteiger partial charge in [-0.25, -0.2) is 9.50 Å². The number of anilines is 2. The number of aromatic nitrogens is 3. The molecule has 1 unspecified atom stereocenters. The Morgan fingerprint density at radius 3 is 2.54 bits per heavy atom. The van der Waals surface area contributed by atoms with Crippen LogP contribution in [-0.4, -0.2) is 116 Å². The Hall–Kier alpha value is -6.16. The SMILES string of the molecule is CC(C)Oc1cc2c(cc1NC(=O)c1cnn3cccnc13)CN(C1CCN(C[C@@H]3CCN(c4ccc5c(c4)C(=O)N(C4CCC(=O)NC4=O)C5=O)C3)CC1)C2=O. The lowest BCUT2D eigenvalue weighted by Crippen LogP contribution is -2.54. The van der Waals surface area contributed by atoms with Crippen molar-refractivity contribution in [3.63, 3.8) is 0 Å². The summed E-state index contributed by atoms with van der Waals surface area (Å²) < 4.78 is 7.64. The lowest BCUT2D eigenvalue weighted by atomic mass is 10.0. The van der Waals surface area contributed by atoms with Crippen LogP contribution in [0.4, 0.5) is 11.4 Å². The van der Waals surface area contributed by atoms with Gasteiger partial charge >= 0.3 is 0 Å². The normalized spacial score (nSPS) is 21.5. The van der Waals surface area contributed by atoms with Gasteiger partial charge < -0.3 is 24.8 Å². The molecule has 9 rings (SSSR count). The van der Waals surface area contributed by atoms with Crippen molar-refractivity contribution in [2.24, 2.45) is 5.92 Å². The lowest BCUT2D eigenvalue weighted by molar-refractivity contribution is -0.136. The number of piperidine rings is 2. The smallest absolute Gasteiger partial charge is 0.262 e. The topological polar surface area (TPSA) is 179 Å². The van der Waals surface area contributed by atoms with E-state index in [1.54, 1.807) is 41.2 Å². The van der Waals surface area contributed by atoms with E-state index in [4.69, 9.17) is 4.74 Å². The second-order valence-corrected chi connectivity index (χ2v) is 15.8. The van der Waals surface area contributed by atoms with Crippen molar-refractivity contribution >= 4 is 52.5 Å². The Labute approximate surface area is 328 Å². The highest BCUT2D eigenvalue weighted by molar-refractivity contribution is 6.23. The third kappa shape index (κ3) is 6.66. The highest BCUT2D eigenvalue weighted by Crippen LogP contribution is 2.38. The number of ether oxygens (including phenoxy) is 1. The van der Waals surface area contributed by atoms with Crippen molar-refractivity contribution in [3.8, 4) is 5.75 Å². The van der Waals surface area contributed by atoms with Crippen LogP contribution in [0.3, 0.4) is 0 Å². The predicted molar refractivity (Wildman–Crippen MR) is 206 cm³/mol. The Kier molecular flexibility index (Phi) is 9.22. The fourth-order valence-electron chi connectivity index (χ4n) is 8.94. The van der Waals surface area contributed by atoms with Gasteiger partial charge in [0, 0.05) is 75.4 Å². The highest BCUT2D eigenvalue weighted by Gasteiger charge is 2.45. The Balaban J connectivity index is 0.807. The van der Waals surface area contributed by atoms with E-state index < -0.39 is 29.7 Å². The molecule has 3 fully saturated rings. The Morgan fingerprint density at radius 1 is 0.947 bits per heavy atom. The van der Waals surface area contributed by atoms with Gasteiger partial charge in [-0.15, -0.1) is 0 Å². The van der Waals surface area contributed by atoms with Gasteiger partial charge in [0.1, 0.15) is 17.4 Å². The second kappa shape index (κ2) is 14.4. The quantitative estimate of drug-likeness (QED) is 0.239. The summed E-state index contributed by atoms with van der Waals surface area (Å²) >= 11 is 0. The zero-order chi connectivity index (χ0) is 39.5. The van der Waals surface area contributed by atoms with Gasteiger partial charge in [0.05, 0.1) is 29.1 Å². The number of benzene rings is 2. The fraction of sp³-hybridized carbons (Fsp3) is 0.415. The number of nitrogens with zero attached hydrogens (tertiary/aromatic N) is 7. The molecule has 2 aromatic heterocycles. The first kappa shape index (κ1) is 36.5. The van der Waals surface area contributed by atoms with Gasteiger partial charge in [0.15, 0.2) is 5.65 Å². The molecule has 0 radical (unpaired) electrons. The van der Waals surface area contributed by atoms with E-state index in [2.05, 4.69) is 30.5 Å². The van der Waals surface area contributed by atoms with E-state index in [0.717, 1.165) is 68.1 Å². The van der Waals surface area contributed by atoms with Crippen LogP contribution in [0.2, 0.25) is 0 Å². The zero-order valence-electron chi connectivity index (χ0n) is 31.8. The molecular formula is C41H43N9O7. The number of rotatable bonds is 9. The summed E-state index contributed by atoms with van der Waals surface area (Å²) in [5.41, 5.74) is 4.14. The van der Waals surface area contributed by atoms with Gasteiger partial charge in [-0.05, 0) is 87.4 Å². The van der Waals surface area contributed by atoms with Crippen LogP contribution in [0, 0.1) is 5.92 Å². The van der Waals surface area contributed by atoms with Gasteiger partial charge in [-0.1, -0.05) is 0 Å². The van der Waals surface area contributed by atoms with E-state index in [9.17, 15) is 28.8 Å². The summed E-state index contributed by atoms with van der Waals surface area (Å²) in [6, 6.07) is 9.74. The molecule has 7 heterocycles. The first-order chi connectivity index (χ1) is 27.5. The van der Waals surface area contributed by atoms with Crippen molar-refractivity contribution < 1.29 is 33.5 Å². The van der Waals surface area contributed by atoms with Crippen molar-refractivity contribution in [1.82, 2.24) is 34.6 Å². The van der Waals surface area contributed by atoms with E-state index in [1.807, 2.05) is 30.9 Å². The molecule has 2 aromatic carbocycles. The van der Waals surface area contributed by atoms with Gasteiger partial charge in [-0.3, -0.25) is 39.0 Å². The number of hydrogen-bond acceptors (Lipinski definition) is 11. The zero-order valence-corrected chi connectivity index (χ0v) is 31.8. The molecule has 0 aliphatic carbocycles. The molecule has 5 aliphatic heterocycles. The molecular weight excluding hydrogens is 731 g/mol. The van der Waals surface area contributed by atoms with Crippen LogP contribution in [0.5, 0.6) is 5.75 Å². The highest BCUT2D eigenvalue weighted by atomic mass is 16.5. The molecule has 0 saturated carbocycles. The van der Waals surface area contributed by atoms with Crippen molar-refractivity contribution in [3.05, 3.63) is 82.8 Å². The molecule has 5 aliphatic rings. The number of imide groups is 2. The molecule has 4 aromatic rings. The molecule has 0 spiro atoms. The minimum Gasteiger partial charge on any atom is -0.489 e. The number of carbonyl (C=O) groups excluding carboxylic acids is 6. The van der Waals surface area contributed by atoms with Crippen molar-refractivity contribution in [1.29, 1.82) is 0 Å². The maximum Gasteiger partial charge on any atom is 0.262 e. The third-order valence-corrected chi connectivity index (χ3v) is 11.8. The monoisotopic (exact) mass is 773 g/mol. The first-order valence-corrected chi connectivity index (χ1v) is 19.6. The molecule has 6 amide bonds. The molecule has 16 heteroatoms. The lowest BCUT2D eigenvalue weighted by Gasteiger charge is -2.37. The van der Waals surface area contributed by atoms with Crippen LogP contribution in [0.1, 0.15) is 92.9 Å². The van der Waals surface area contributed by atoms with Crippen molar-refractivity contribution in [2.45, 2.75) is 70.7 Å². The average Bonchev–Trinajstić information content (AvgIpc) is 3.97. The van der Waals surface area contributed by atoms with Gasteiger partial charge in [0.2, 0.25) is 11.8 Å². The summed E-state index contributed by atoms with van der Waals surface area (Å²) in [6.07, 6.45) is 7.53. The summed E-state index contributed by atoms with van der Waals surface area (Å²) in [7, 11) is 0. The Morgan fingerprint density at radius 2 is 1.75 bits per heavy atom. The van der Waals surface area contributed by atoms with Crippen molar-refractivity contribution in [2.75, 3.05) is 42.9 Å². The summed E-state index contributed by atoms with van der Waals surface area (Å²) in [5, 5.41) is 9.46. The number of hydrogen-bond donors (Lipinski definition) is 2. The predicted octanol–water partition coefficient (Wildman–Crippen LogP) is 3.12.